The maximum Gasteiger partial charge on any atom is 0.255 e. The third kappa shape index (κ3) is 6.61. The van der Waals surface area contributed by atoms with Crippen molar-refractivity contribution in [3.63, 3.8) is 0 Å². The number of phenolic OH excluding ortho intramolecular Hbond substituents is 1. The SMILES string of the molecule is C[C@H]1CC(=O)C(C2COC2)NC(=O)[C@H](C)[C@H](O)[C@H](Cc2cccnc2)NC(=O)[C@H]1NC(=O)c1ccccc1O. The van der Waals surface area contributed by atoms with Crippen LogP contribution in [0.1, 0.15) is 36.2 Å². The second kappa shape index (κ2) is 12.4. The van der Waals surface area contributed by atoms with Gasteiger partial charge in [0.05, 0.1) is 42.9 Å². The lowest BCUT2D eigenvalue weighted by Gasteiger charge is -2.37. The highest BCUT2D eigenvalue weighted by Crippen LogP contribution is 2.23. The second-order valence-electron chi connectivity index (χ2n) is 10.4. The molecule has 0 bridgehead atoms. The number of hydrogen-bond donors (Lipinski definition) is 5. The Morgan fingerprint density at radius 2 is 1.82 bits per heavy atom. The fraction of sp³-hybridized carbons (Fsp3) is 0.464. The highest BCUT2D eigenvalue weighted by atomic mass is 16.5. The number of carbonyl (C=O) groups is 4. The van der Waals surface area contributed by atoms with E-state index in [-0.39, 0.29) is 35.9 Å². The number of nitrogens with one attached hydrogen (secondary N) is 3. The largest absolute Gasteiger partial charge is 0.507 e. The summed E-state index contributed by atoms with van der Waals surface area (Å²) in [6.45, 7) is 3.80. The summed E-state index contributed by atoms with van der Waals surface area (Å²) < 4.78 is 5.25. The zero-order valence-electron chi connectivity index (χ0n) is 21.9. The predicted molar refractivity (Wildman–Crippen MR) is 139 cm³/mol. The van der Waals surface area contributed by atoms with E-state index in [1.54, 1.807) is 43.6 Å². The van der Waals surface area contributed by atoms with Crippen molar-refractivity contribution >= 4 is 23.5 Å². The number of aliphatic hydroxyl groups is 1. The molecular weight excluding hydrogens is 504 g/mol. The van der Waals surface area contributed by atoms with Crippen LogP contribution in [-0.4, -0.2) is 76.1 Å². The van der Waals surface area contributed by atoms with Crippen LogP contribution in [0.5, 0.6) is 5.75 Å². The topological polar surface area (TPSA) is 167 Å². The third-order valence-electron chi connectivity index (χ3n) is 7.43. The average Bonchev–Trinajstić information content (AvgIpc) is 2.89. The predicted octanol–water partition coefficient (Wildman–Crippen LogP) is 0.350. The van der Waals surface area contributed by atoms with Crippen molar-refractivity contribution in [2.75, 3.05) is 13.2 Å². The van der Waals surface area contributed by atoms with Gasteiger partial charge in [0.1, 0.15) is 11.8 Å². The molecule has 0 radical (unpaired) electrons. The van der Waals surface area contributed by atoms with Crippen LogP contribution in [0.25, 0.3) is 0 Å². The van der Waals surface area contributed by atoms with Gasteiger partial charge in [-0.05, 0) is 36.1 Å². The number of nitrogens with zero attached hydrogens (tertiary/aromatic N) is 1. The number of carbonyl (C=O) groups excluding carboxylic acids is 4. The van der Waals surface area contributed by atoms with Crippen LogP contribution in [-0.2, 0) is 25.5 Å². The standard InChI is InChI=1S/C28H34N4O7/c1-15-10-22(34)24(18-13-39-14-18)32-26(36)16(2)25(35)20(11-17-6-5-9-29-12-17)30-28(38)23(15)31-27(37)19-7-3-4-8-21(19)33/h3-9,12,15-16,18,20,23-25,33,35H,10-11,13-14H2,1-2H3,(H,30,38)(H,31,37)(H,32,36)/t15-,16+,20-,23-,24?,25-/m0/s1. The molecule has 11 nitrogen and oxygen atoms in total. The Balaban J connectivity index is 1.67. The number of benzene rings is 1. The van der Waals surface area contributed by atoms with Crippen molar-refractivity contribution in [3.8, 4) is 5.75 Å². The first-order valence-electron chi connectivity index (χ1n) is 13.0. The fourth-order valence-corrected chi connectivity index (χ4v) is 4.91. The normalized spacial score (nSPS) is 28.7. The number of aromatic nitrogens is 1. The highest BCUT2D eigenvalue weighted by Gasteiger charge is 2.41. The molecule has 5 N–H and O–H groups in total. The lowest BCUT2D eigenvalue weighted by molar-refractivity contribution is -0.140. The Labute approximate surface area is 226 Å². The first-order chi connectivity index (χ1) is 18.7. The molecule has 2 saturated heterocycles. The number of para-hydroxylation sites is 1. The van der Waals surface area contributed by atoms with Crippen LogP contribution in [0.2, 0.25) is 0 Å². The number of phenols is 1. The summed E-state index contributed by atoms with van der Waals surface area (Å²) in [7, 11) is 0. The Morgan fingerprint density at radius 1 is 1.08 bits per heavy atom. The molecule has 2 aliphatic heterocycles. The summed E-state index contributed by atoms with van der Waals surface area (Å²) in [5.74, 6) is -4.23. The lowest BCUT2D eigenvalue weighted by Crippen LogP contribution is -2.60. The van der Waals surface area contributed by atoms with Gasteiger partial charge in [0.15, 0.2) is 5.78 Å². The summed E-state index contributed by atoms with van der Waals surface area (Å²) in [5, 5.41) is 29.7. The van der Waals surface area contributed by atoms with Gasteiger partial charge in [0.2, 0.25) is 11.8 Å². The number of hydrogen-bond acceptors (Lipinski definition) is 8. The molecule has 11 heteroatoms. The Hall–Kier alpha value is -3.83. The van der Waals surface area contributed by atoms with Crippen molar-refractivity contribution in [2.24, 2.45) is 17.8 Å². The molecule has 208 valence electrons. The maximum absolute atomic E-state index is 13.7. The smallest absolute Gasteiger partial charge is 0.255 e. The van der Waals surface area contributed by atoms with E-state index in [1.807, 2.05) is 0 Å². The van der Waals surface area contributed by atoms with Gasteiger partial charge in [-0.15, -0.1) is 0 Å². The van der Waals surface area contributed by atoms with Gasteiger partial charge in [-0.3, -0.25) is 24.2 Å². The molecule has 1 unspecified atom stereocenters. The lowest BCUT2D eigenvalue weighted by atomic mass is 9.85. The molecule has 2 fully saturated rings. The van der Waals surface area contributed by atoms with Gasteiger partial charge in [0.25, 0.3) is 5.91 Å². The van der Waals surface area contributed by atoms with Crippen LogP contribution in [0, 0.1) is 17.8 Å². The summed E-state index contributed by atoms with van der Waals surface area (Å²) in [6, 6.07) is 6.52. The van der Waals surface area contributed by atoms with Crippen LogP contribution in [0.15, 0.2) is 48.8 Å². The Kier molecular flexibility index (Phi) is 8.93. The molecule has 2 aromatic rings. The molecule has 1 aromatic heterocycles. The van der Waals surface area contributed by atoms with Crippen LogP contribution >= 0.6 is 0 Å². The number of aliphatic hydroxyl groups excluding tert-OH is 1. The van der Waals surface area contributed by atoms with Crippen LogP contribution in [0.3, 0.4) is 0 Å². The number of ketones is 1. The van der Waals surface area contributed by atoms with E-state index >= 15 is 0 Å². The molecule has 3 amide bonds. The molecule has 39 heavy (non-hydrogen) atoms. The maximum atomic E-state index is 13.7. The number of amides is 3. The van der Waals surface area contributed by atoms with Gasteiger partial charge in [-0.2, -0.15) is 0 Å². The van der Waals surface area contributed by atoms with Crippen molar-refractivity contribution in [1.29, 1.82) is 0 Å². The first kappa shape index (κ1) is 28.2. The number of rotatable bonds is 5. The van der Waals surface area contributed by atoms with Gasteiger partial charge >= 0.3 is 0 Å². The first-order valence-corrected chi connectivity index (χ1v) is 13.0. The van der Waals surface area contributed by atoms with Crippen LogP contribution < -0.4 is 16.0 Å². The number of aromatic hydroxyl groups is 1. The fourth-order valence-electron chi connectivity index (χ4n) is 4.91. The minimum atomic E-state index is -1.31. The summed E-state index contributed by atoms with van der Waals surface area (Å²) in [5.41, 5.74) is 0.705. The third-order valence-corrected chi connectivity index (χ3v) is 7.43. The monoisotopic (exact) mass is 538 g/mol. The van der Waals surface area contributed by atoms with Gasteiger partial charge < -0.3 is 30.9 Å². The minimum absolute atomic E-state index is 0.0210. The van der Waals surface area contributed by atoms with Crippen LogP contribution in [0.4, 0.5) is 0 Å². The Bertz CT molecular complexity index is 1200. The summed E-state index contributed by atoms with van der Waals surface area (Å²) in [4.78, 5) is 57.3. The van der Waals surface area contributed by atoms with E-state index in [0.29, 0.717) is 13.2 Å². The molecule has 4 rings (SSSR count). The average molecular weight is 539 g/mol. The molecule has 6 atom stereocenters. The van der Waals surface area contributed by atoms with E-state index < -0.39 is 53.8 Å². The minimum Gasteiger partial charge on any atom is -0.507 e. The van der Waals surface area contributed by atoms with Crippen molar-refractivity contribution in [1.82, 2.24) is 20.9 Å². The molecule has 3 heterocycles. The van der Waals surface area contributed by atoms with Gasteiger partial charge in [0, 0.05) is 24.7 Å². The molecule has 2 aliphatic rings. The summed E-state index contributed by atoms with van der Waals surface area (Å²) >= 11 is 0. The Morgan fingerprint density at radius 3 is 2.46 bits per heavy atom. The summed E-state index contributed by atoms with van der Waals surface area (Å²) in [6.07, 6.45) is 1.96. The quantitative estimate of drug-likeness (QED) is 0.364. The van der Waals surface area contributed by atoms with Gasteiger partial charge in [-0.25, -0.2) is 0 Å². The molecule has 1 aromatic carbocycles. The van der Waals surface area contributed by atoms with E-state index in [1.165, 1.54) is 19.1 Å². The molecule has 0 saturated carbocycles. The highest BCUT2D eigenvalue weighted by molar-refractivity contribution is 6.00. The van der Waals surface area contributed by atoms with Gasteiger partial charge in [-0.1, -0.05) is 32.0 Å². The number of Topliss-reactive ketones (excluding diaryl/α,β-unsaturated/α-hetero) is 1. The number of pyridine rings is 1. The second-order valence-corrected chi connectivity index (χ2v) is 10.4. The van der Waals surface area contributed by atoms with Crippen molar-refractivity contribution < 1.29 is 34.1 Å². The van der Waals surface area contributed by atoms with Crippen molar-refractivity contribution in [3.05, 3.63) is 59.9 Å². The van der Waals surface area contributed by atoms with E-state index in [9.17, 15) is 29.4 Å². The van der Waals surface area contributed by atoms with E-state index in [4.69, 9.17) is 4.74 Å². The van der Waals surface area contributed by atoms with E-state index in [2.05, 4.69) is 20.9 Å². The van der Waals surface area contributed by atoms with E-state index in [0.717, 1.165) is 5.56 Å². The molecule has 0 spiro atoms. The molecular formula is C28H34N4O7. The molecule has 0 aliphatic carbocycles. The van der Waals surface area contributed by atoms with Crippen molar-refractivity contribution in [2.45, 2.75) is 50.9 Å². The zero-order chi connectivity index (χ0) is 28.1. The zero-order valence-corrected chi connectivity index (χ0v) is 21.9. The number of ether oxygens (including phenoxy) is 1.